The third-order valence-electron chi connectivity index (χ3n) is 3.09. The molecule has 0 aliphatic heterocycles. The minimum atomic E-state index is -4.47. The summed E-state index contributed by atoms with van der Waals surface area (Å²) in [6, 6.07) is 5.76. The standard InChI is InChI=1S/C15H15F3N2O2S/c16-15(17,18)12-3-1-2-11(6-12)13(21)8-20-14(22)19-7-10-4-5-23-9-10/h1-6,9,13,21H,7-8H2,(H2,19,20,22)/t13-/m1/s1. The third kappa shape index (κ3) is 5.26. The van der Waals surface area contributed by atoms with Gasteiger partial charge in [-0.25, -0.2) is 4.79 Å². The van der Waals surface area contributed by atoms with Gasteiger partial charge in [0.1, 0.15) is 0 Å². The number of alkyl halides is 3. The number of aliphatic hydroxyl groups excluding tert-OH is 1. The maximum atomic E-state index is 12.6. The van der Waals surface area contributed by atoms with Crippen LogP contribution in [-0.2, 0) is 12.7 Å². The van der Waals surface area contributed by atoms with Gasteiger partial charge in [0, 0.05) is 13.1 Å². The molecule has 0 fully saturated rings. The summed E-state index contributed by atoms with van der Waals surface area (Å²) in [5.74, 6) is 0. The molecule has 0 aliphatic carbocycles. The molecule has 3 N–H and O–H groups in total. The van der Waals surface area contributed by atoms with Crippen LogP contribution in [0.2, 0.25) is 0 Å². The van der Waals surface area contributed by atoms with Crippen molar-refractivity contribution in [2.45, 2.75) is 18.8 Å². The van der Waals surface area contributed by atoms with Gasteiger partial charge in [0.25, 0.3) is 0 Å². The zero-order valence-electron chi connectivity index (χ0n) is 11.9. The highest BCUT2D eigenvalue weighted by atomic mass is 32.1. The fourth-order valence-electron chi connectivity index (χ4n) is 1.87. The van der Waals surface area contributed by atoms with Gasteiger partial charge in [-0.15, -0.1) is 0 Å². The van der Waals surface area contributed by atoms with E-state index in [1.54, 1.807) is 0 Å². The number of rotatable bonds is 5. The number of amides is 2. The Hall–Kier alpha value is -2.06. The molecule has 0 unspecified atom stereocenters. The Morgan fingerprint density at radius 1 is 1.26 bits per heavy atom. The lowest BCUT2D eigenvalue weighted by Gasteiger charge is -2.15. The summed E-state index contributed by atoms with van der Waals surface area (Å²) in [5, 5.41) is 18.7. The topological polar surface area (TPSA) is 61.4 Å². The fourth-order valence-corrected chi connectivity index (χ4v) is 2.54. The summed E-state index contributed by atoms with van der Waals surface area (Å²) in [7, 11) is 0. The van der Waals surface area contributed by atoms with E-state index in [-0.39, 0.29) is 12.1 Å². The van der Waals surface area contributed by atoms with Gasteiger partial charge in [-0.2, -0.15) is 24.5 Å². The number of benzene rings is 1. The van der Waals surface area contributed by atoms with Crippen LogP contribution in [0, 0.1) is 0 Å². The van der Waals surface area contributed by atoms with Gasteiger partial charge in [0.05, 0.1) is 11.7 Å². The molecule has 1 aromatic heterocycles. The van der Waals surface area contributed by atoms with Crippen LogP contribution in [0.25, 0.3) is 0 Å². The Morgan fingerprint density at radius 2 is 2.04 bits per heavy atom. The van der Waals surface area contributed by atoms with Crippen LogP contribution >= 0.6 is 11.3 Å². The molecule has 2 aromatic rings. The van der Waals surface area contributed by atoms with E-state index in [1.807, 2.05) is 16.8 Å². The number of carbonyl (C=O) groups excluding carboxylic acids is 1. The van der Waals surface area contributed by atoms with Gasteiger partial charge in [-0.1, -0.05) is 12.1 Å². The number of thiophene rings is 1. The average molecular weight is 344 g/mol. The van der Waals surface area contributed by atoms with E-state index in [9.17, 15) is 23.1 Å². The monoisotopic (exact) mass is 344 g/mol. The van der Waals surface area contributed by atoms with Crippen LogP contribution in [0.15, 0.2) is 41.1 Å². The quantitative estimate of drug-likeness (QED) is 0.779. The molecule has 2 amide bonds. The van der Waals surface area contributed by atoms with Crippen LogP contribution in [0.3, 0.4) is 0 Å². The second-order valence-corrected chi connectivity index (χ2v) is 5.61. The molecule has 0 saturated carbocycles. The first-order valence-electron chi connectivity index (χ1n) is 6.74. The molecule has 4 nitrogen and oxygen atoms in total. The second kappa shape index (κ2) is 7.47. The van der Waals surface area contributed by atoms with Crippen molar-refractivity contribution < 1.29 is 23.1 Å². The van der Waals surface area contributed by atoms with Gasteiger partial charge in [0.15, 0.2) is 0 Å². The summed E-state index contributed by atoms with van der Waals surface area (Å²) in [6.45, 7) is 0.159. The van der Waals surface area contributed by atoms with Crippen molar-refractivity contribution in [2.24, 2.45) is 0 Å². The highest BCUT2D eigenvalue weighted by Gasteiger charge is 2.30. The number of hydrogen-bond acceptors (Lipinski definition) is 3. The van der Waals surface area contributed by atoms with Gasteiger partial charge in [0.2, 0.25) is 0 Å². The first kappa shape index (κ1) is 17.3. The smallest absolute Gasteiger partial charge is 0.387 e. The van der Waals surface area contributed by atoms with Crippen molar-refractivity contribution in [2.75, 3.05) is 6.54 Å². The predicted octanol–water partition coefficient (Wildman–Crippen LogP) is 3.30. The lowest BCUT2D eigenvalue weighted by atomic mass is 10.1. The lowest BCUT2D eigenvalue weighted by Crippen LogP contribution is -2.37. The Morgan fingerprint density at radius 3 is 2.70 bits per heavy atom. The van der Waals surface area contributed by atoms with Crippen molar-refractivity contribution in [3.63, 3.8) is 0 Å². The Kier molecular flexibility index (Phi) is 5.62. The predicted molar refractivity (Wildman–Crippen MR) is 81.0 cm³/mol. The highest BCUT2D eigenvalue weighted by molar-refractivity contribution is 7.07. The first-order valence-corrected chi connectivity index (χ1v) is 7.68. The third-order valence-corrected chi connectivity index (χ3v) is 3.82. The zero-order valence-corrected chi connectivity index (χ0v) is 12.7. The van der Waals surface area contributed by atoms with E-state index < -0.39 is 23.9 Å². The Bertz CT molecular complexity index is 644. The van der Waals surface area contributed by atoms with Crippen LogP contribution in [-0.4, -0.2) is 17.7 Å². The SMILES string of the molecule is O=C(NCc1ccsc1)NC[C@@H](O)c1cccc(C(F)(F)F)c1. The summed E-state index contributed by atoms with van der Waals surface area (Å²) in [5.41, 5.74) is 0.206. The van der Waals surface area contributed by atoms with Gasteiger partial charge >= 0.3 is 12.2 Å². The number of nitrogens with one attached hydrogen (secondary N) is 2. The number of carbonyl (C=O) groups is 1. The largest absolute Gasteiger partial charge is 0.416 e. The van der Waals surface area contributed by atoms with Crippen molar-refractivity contribution in [3.05, 3.63) is 57.8 Å². The maximum absolute atomic E-state index is 12.6. The summed E-state index contributed by atoms with van der Waals surface area (Å²) in [6.07, 6.45) is -5.69. The van der Waals surface area contributed by atoms with Gasteiger partial charge in [-0.05, 0) is 40.1 Å². The zero-order chi connectivity index (χ0) is 16.9. The van der Waals surface area contributed by atoms with E-state index in [2.05, 4.69) is 10.6 Å². The van der Waals surface area contributed by atoms with E-state index in [0.717, 1.165) is 17.7 Å². The van der Waals surface area contributed by atoms with Crippen molar-refractivity contribution in [1.29, 1.82) is 0 Å². The molecule has 2 rings (SSSR count). The molecule has 1 aromatic carbocycles. The summed E-state index contributed by atoms with van der Waals surface area (Å²) < 4.78 is 37.9. The molecule has 8 heteroatoms. The molecular weight excluding hydrogens is 329 g/mol. The number of aliphatic hydroxyl groups is 1. The molecule has 0 saturated heterocycles. The van der Waals surface area contributed by atoms with E-state index in [1.165, 1.54) is 23.5 Å². The van der Waals surface area contributed by atoms with Gasteiger partial charge < -0.3 is 15.7 Å². The number of urea groups is 1. The van der Waals surface area contributed by atoms with Crippen LogP contribution < -0.4 is 10.6 Å². The van der Waals surface area contributed by atoms with Crippen molar-refractivity contribution in [1.82, 2.24) is 10.6 Å². The first-order chi connectivity index (χ1) is 10.9. The maximum Gasteiger partial charge on any atom is 0.416 e. The average Bonchev–Trinajstić information content (AvgIpc) is 3.03. The molecule has 1 heterocycles. The lowest BCUT2D eigenvalue weighted by molar-refractivity contribution is -0.137. The molecule has 0 radical (unpaired) electrons. The van der Waals surface area contributed by atoms with Crippen LogP contribution in [0.1, 0.15) is 22.8 Å². The van der Waals surface area contributed by atoms with Crippen LogP contribution in [0.5, 0.6) is 0 Å². The minimum Gasteiger partial charge on any atom is -0.387 e. The number of hydrogen-bond donors (Lipinski definition) is 3. The van der Waals surface area contributed by atoms with E-state index >= 15 is 0 Å². The minimum absolute atomic E-state index is 0.0953. The fraction of sp³-hybridized carbons (Fsp3) is 0.267. The number of halogens is 3. The van der Waals surface area contributed by atoms with E-state index in [0.29, 0.717) is 6.54 Å². The van der Waals surface area contributed by atoms with Crippen molar-refractivity contribution >= 4 is 17.4 Å². The molecule has 0 bridgehead atoms. The Labute approximate surface area is 135 Å². The van der Waals surface area contributed by atoms with Crippen molar-refractivity contribution in [3.8, 4) is 0 Å². The Balaban J connectivity index is 1.84. The molecule has 124 valence electrons. The second-order valence-electron chi connectivity index (χ2n) is 4.83. The van der Waals surface area contributed by atoms with Gasteiger partial charge in [-0.3, -0.25) is 0 Å². The summed E-state index contributed by atoms with van der Waals surface area (Å²) in [4.78, 5) is 11.6. The molecule has 0 spiro atoms. The normalized spacial score (nSPS) is 12.7. The summed E-state index contributed by atoms with van der Waals surface area (Å²) >= 11 is 1.51. The molecule has 0 aliphatic rings. The molecule has 23 heavy (non-hydrogen) atoms. The molecule has 1 atom stereocenters. The van der Waals surface area contributed by atoms with Crippen LogP contribution in [0.4, 0.5) is 18.0 Å². The highest BCUT2D eigenvalue weighted by Crippen LogP contribution is 2.30. The van der Waals surface area contributed by atoms with E-state index in [4.69, 9.17) is 0 Å². The molecular formula is C15H15F3N2O2S.